The number of thiocarbonyl (C=S) groups is 1. The summed E-state index contributed by atoms with van der Waals surface area (Å²) < 4.78 is 51.4. The Bertz CT molecular complexity index is 807. The van der Waals surface area contributed by atoms with E-state index in [1.54, 1.807) is 12.1 Å². The maximum atomic E-state index is 13.3. The van der Waals surface area contributed by atoms with Crippen LogP contribution < -0.4 is 16.4 Å². The molecule has 0 unspecified atom stereocenters. The standard InChI is InChI=1S/C17H15F4N3OS/c18-13-8-10(7-12(9-13)17(19,20)21)5-6-23-16(26)24-14-3-1-11(2-4-14)15(22)25/h1-4,7-9H,5-6H2,(H2,22,25)(H2,23,24,26). The third kappa shape index (κ3) is 5.69. The second kappa shape index (κ2) is 8.13. The van der Waals surface area contributed by atoms with E-state index in [1.165, 1.54) is 12.1 Å². The van der Waals surface area contributed by atoms with Gasteiger partial charge < -0.3 is 16.4 Å². The molecule has 4 nitrogen and oxygen atoms in total. The van der Waals surface area contributed by atoms with Crippen LogP contribution in [-0.4, -0.2) is 17.6 Å². The van der Waals surface area contributed by atoms with Gasteiger partial charge >= 0.3 is 6.18 Å². The van der Waals surface area contributed by atoms with Gasteiger partial charge in [-0.05, 0) is 66.7 Å². The molecule has 0 saturated heterocycles. The average Bonchev–Trinajstić information content (AvgIpc) is 2.54. The highest BCUT2D eigenvalue weighted by Crippen LogP contribution is 2.30. The summed E-state index contributed by atoms with van der Waals surface area (Å²) in [6.45, 7) is 0.214. The van der Waals surface area contributed by atoms with Crippen LogP contribution in [0.2, 0.25) is 0 Å². The van der Waals surface area contributed by atoms with Gasteiger partial charge in [0.2, 0.25) is 5.91 Å². The number of nitrogens with one attached hydrogen (secondary N) is 2. The van der Waals surface area contributed by atoms with Crippen molar-refractivity contribution in [2.45, 2.75) is 12.6 Å². The maximum absolute atomic E-state index is 13.3. The van der Waals surface area contributed by atoms with Crippen molar-refractivity contribution in [1.82, 2.24) is 5.32 Å². The van der Waals surface area contributed by atoms with E-state index in [0.29, 0.717) is 17.3 Å². The van der Waals surface area contributed by atoms with Gasteiger partial charge in [0, 0.05) is 17.8 Å². The number of amides is 1. The van der Waals surface area contributed by atoms with E-state index in [9.17, 15) is 22.4 Å². The molecule has 0 heterocycles. The first kappa shape index (κ1) is 19.6. The Kier molecular flexibility index (Phi) is 6.14. The number of nitrogens with two attached hydrogens (primary N) is 1. The summed E-state index contributed by atoms with van der Waals surface area (Å²) in [5.74, 6) is -1.49. The zero-order valence-corrected chi connectivity index (χ0v) is 14.2. The molecule has 9 heteroatoms. The molecular weight excluding hydrogens is 370 g/mol. The van der Waals surface area contributed by atoms with Crippen molar-refractivity contribution in [2.75, 3.05) is 11.9 Å². The number of carbonyl (C=O) groups excluding carboxylic acids is 1. The first-order valence-corrected chi connectivity index (χ1v) is 7.87. The van der Waals surface area contributed by atoms with E-state index >= 15 is 0 Å². The fourth-order valence-corrected chi connectivity index (χ4v) is 2.39. The fraction of sp³-hybridized carbons (Fsp3) is 0.176. The Labute approximate surface area is 152 Å². The minimum atomic E-state index is -4.60. The molecule has 0 radical (unpaired) electrons. The molecule has 2 rings (SSSR count). The summed E-state index contributed by atoms with van der Waals surface area (Å²) in [5.41, 5.74) is 5.28. The van der Waals surface area contributed by atoms with Gasteiger partial charge in [0.05, 0.1) is 5.56 Å². The Hall–Kier alpha value is -2.68. The van der Waals surface area contributed by atoms with Gasteiger partial charge in [-0.1, -0.05) is 0 Å². The van der Waals surface area contributed by atoms with Gasteiger partial charge in [0.15, 0.2) is 5.11 Å². The molecule has 1 amide bonds. The van der Waals surface area contributed by atoms with Crippen molar-refractivity contribution in [2.24, 2.45) is 5.73 Å². The van der Waals surface area contributed by atoms with E-state index in [2.05, 4.69) is 10.6 Å². The van der Waals surface area contributed by atoms with Crippen molar-refractivity contribution in [3.05, 3.63) is 65.0 Å². The van der Waals surface area contributed by atoms with Crippen molar-refractivity contribution >= 4 is 28.9 Å². The maximum Gasteiger partial charge on any atom is 0.416 e. The van der Waals surface area contributed by atoms with Crippen LogP contribution >= 0.6 is 12.2 Å². The molecule has 0 aromatic heterocycles. The SMILES string of the molecule is NC(=O)c1ccc(NC(=S)NCCc2cc(F)cc(C(F)(F)F)c2)cc1. The van der Waals surface area contributed by atoms with Crippen LogP contribution in [0.3, 0.4) is 0 Å². The molecule has 0 saturated carbocycles. The third-order valence-electron chi connectivity index (χ3n) is 3.41. The highest BCUT2D eigenvalue weighted by atomic mass is 32.1. The predicted octanol–water partition coefficient (Wildman–Crippen LogP) is 3.47. The molecular formula is C17H15F4N3OS. The number of hydrogen-bond donors (Lipinski definition) is 3. The average molecular weight is 385 g/mol. The van der Waals surface area contributed by atoms with E-state index < -0.39 is 23.5 Å². The number of carbonyl (C=O) groups is 1. The Balaban J connectivity index is 1.88. The number of alkyl halides is 3. The summed E-state index contributed by atoms with van der Waals surface area (Å²) in [7, 11) is 0. The monoisotopic (exact) mass is 385 g/mol. The van der Waals surface area contributed by atoms with Gasteiger partial charge in [-0.25, -0.2) is 4.39 Å². The van der Waals surface area contributed by atoms with Crippen molar-refractivity contribution in [1.29, 1.82) is 0 Å². The second-order valence-electron chi connectivity index (χ2n) is 5.42. The third-order valence-corrected chi connectivity index (χ3v) is 3.66. The van der Waals surface area contributed by atoms with Crippen LogP contribution in [0.4, 0.5) is 23.2 Å². The summed E-state index contributed by atoms with van der Waals surface area (Å²) >= 11 is 5.08. The molecule has 2 aromatic rings. The lowest BCUT2D eigenvalue weighted by molar-refractivity contribution is -0.137. The summed E-state index contributed by atoms with van der Waals surface area (Å²) in [6, 6.07) is 8.68. The molecule has 4 N–H and O–H groups in total. The van der Waals surface area contributed by atoms with Gasteiger partial charge in [-0.2, -0.15) is 13.2 Å². The fourth-order valence-electron chi connectivity index (χ4n) is 2.17. The molecule has 0 bridgehead atoms. The van der Waals surface area contributed by atoms with Gasteiger partial charge in [-0.15, -0.1) is 0 Å². The van der Waals surface area contributed by atoms with Gasteiger partial charge in [-0.3, -0.25) is 4.79 Å². The topological polar surface area (TPSA) is 67.2 Å². The molecule has 2 aromatic carbocycles. The lowest BCUT2D eigenvalue weighted by Crippen LogP contribution is -2.30. The molecule has 0 atom stereocenters. The van der Waals surface area contributed by atoms with Crippen LogP contribution in [0.5, 0.6) is 0 Å². The molecule has 0 aliphatic heterocycles. The second-order valence-corrected chi connectivity index (χ2v) is 5.83. The highest BCUT2D eigenvalue weighted by Gasteiger charge is 2.31. The number of hydrogen-bond acceptors (Lipinski definition) is 2. The minimum absolute atomic E-state index is 0.156. The molecule has 138 valence electrons. The molecule has 0 fully saturated rings. The van der Waals surface area contributed by atoms with Crippen LogP contribution in [0.1, 0.15) is 21.5 Å². The zero-order valence-electron chi connectivity index (χ0n) is 13.4. The Morgan fingerprint density at radius 1 is 1.12 bits per heavy atom. The van der Waals surface area contributed by atoms with Crippen LogP contribution in [-0.2, 0) is 12.6 Å². The zero-order chi connectivity index (χ0) is 19.3. The van der Waals surface area contributed by atoms with E-state index in [4.69, 9.17) is 18.0 Å². The first-order valence-electron chi connectivity index (χ1n) is 7.46. The Morgan fingerprint density at radius 2 is 1.77 bits per heavy atom. The molecule has 0 aliphatic carbocycles. The number of primary amides is 1. The molecule has 0 spiro atoms. The lowest BCUT2D eigenvalue weighted by atomic mass is 10.1. The summed E-state index contributed by atoms with van der Waals surface area (Å²) in [5, 5.41) is 5.92. The van der Waals surface area contributed by atoms with E-state index in [-0.39, 0.29) is 23.6 Å². The number of rotatable bonds is 5. The van der Waals surface area contributed by atoms with Crippen LogP contribution in [0.15, 0.2) is 42.5 Å². The van der Waals surface area contributed by atoms with Crippen LogP contribution in [0.25, 0.3) is 0 Å². The van der Waals surface area contributed by atoms with Gasteiger partial charge in [0.1, 0.15) is 5.82 Å². The van der Waals surface area contributed by atoms with Crippen LogP contribution in [0, 0.1) is 5.82 Å². The van der Waals surface area contributed by atoms with Crippen molar-refractivity contribution in [3.63, 3.8) is 0 Å². The smallest absolute Gasteiger partial charge is 0.366 e. The first-order chi connectivity index (χ1) is 12.1. The van der Waals surface area contributed by atoms with Crippen molar-refractivity contribution in [3.8, 4) is 0 Å². The van der Waals surface area contributed by atoms with E-state index in [0.717, 1.165) is 12.1 Å². The summed E-state index contributed by atoms with van der Waals surface area (Å²) in [6.07, 6.45) is -4.44. The molecule has 0 aliphatic rings. The number of benzene rings is 2. The minimum Gasteiger partial charge on any atom is -0.366 e. The van der Waals surface area contributed by atoms with Gasteiger partial charge in [0.25, 0.3) is 0 Å². The highest BCUT2D eigenvalue weighted by molar-refractivity contribution is 7.80. The normalized spacial score (nSPS) is 11.1. The molecule has 26 heavy (non-hydrogen) atoms. The number of halogens is 4. The number of anilines is 1. The van der Waals surface area contributed by atoms with E-state index in [1.807, 2.05) is 0 Å². The quantitative estimate of drug-likeness (QED) is 0.545. The Morgan fingerprint density at radius 3 is 2.35 bits per heavy atom. The van der Waals surface area contributed by atoms with Crippen molar-refractivity contribution < 1.29 is 22.4 Å². The lowest BCUT2D eigenvalue weighted by Gasteiger charge is -2.12. The summed E-state index contributed by atoms with van der Waals surface area (Å²) in [4.78, 5) is 11.0. The predicted molar refractivity (Wildman–Crippen MR) is 94.3 cm³/mol. The largest absolute Gasteiger partial charge is 0.416 e.